The van der Waals surface area contributed by atoms with Crippen molar-refractivity contribution in [1.82, 2.24) is 9.80 Å². The summed E-state index contributed by atoms with van der Waals surface area (Å²) in [5.74, 6) is 4.93. The Morgan fingerprint density at radius 3 is 2.20 bits per heavy atom. The molecule has 3 nitrogen and oxygen atoms in total. The third-order valence-corrected chi connectivity index (χ3v) is 2.47. The molecule has 1 rings (SSSR count). The van der Waals surface area contributed by atoms with Crippen molar-refractivity contribution in [1.29, 1.82) is 0 Å². The van der Waals surface area contributed by atoms with E-state index < -0.39 is 0 Å². The normalized spacial score (nSPS) is 15.6. The molecule has 0 unspecified atom stereocenters. The van der Waals surface area contributed by atoms with Gasteiger partial charge in [0, 0.05) is 0 Å². The molecule has 0 N–H and O–H groups in total. The van der Waals surface area contributed by atoms with Crippen LogP contribution < -0.4 is 0 Å². The summed E-state index contributed by atoms with van der Waals surface area (Å²) in [5, 5.41) is 0. The van der Waals surface area contributed by atoms with Gasteiger partial charge in [0.25, 0.3) is 0 Å². The number of carbonyl (C=O) groups is 1. The molecule has 1 saturated heterocycles. The summed E-state index contributed by atoms with van der Waals surface area (Å²) in [5.41, 5.74) is 0. The molecule has 0 spiro atoms. The van der Waals surface area contributed by atoms with Gasteiger partial charge in [-0.05, 0) is 25.9 Å². The lowest BCUT2D eigenvalue weighted by Crippen LogP contribution is -2.39. The Morgan fingerprint density at radius 1 is 1.20 bits per heavy atom. The zero-order valence-electron chi connectivity index (χ0n) is 8.91. The lowest BCUT2D eigenvalue weighted by atomic mass is 10.4. The zero-order valence-corrected chi connectivity index (χ0v) is 8.91. The lowest BCUT2D eigenvalue weighted by Gasteiger charge is -2.21. The van der Waals surface area contributed by atoms with Crippen molar-refractivity contribution in [2.75, 3.05) is 32.7 Å². The summed E-state index contributed by atoms with van der Waals surface area (Å²) < 4.78 is 0. The Balaban J connectivity index is 2.41. The van der Waals surface area contributed by atoms with Crippen LogP contribution in [0.1, 0.15) is 12.8 Å². The molecule has 0 saturated carbocycles. The van der Waals surface area contributed by atoms with E-state index in [4.69, 9.17) is 12.8 Å². The van der Waals surface area contributed by atoms with Crippen LogP contribution in [0.3, 0.4) is 0 Å². The number of amides is 1. The molecule has 1 amide bonds. The molecule has 0 aromatic heterocycles. The Labute approximate surface area is 91.4 Å². The van der Waals surface area contributed by atoms with E-state index in [0.29, 0.717) is 19.6 Å². The number of hydrogen-bond donors (Lipinski definition) is 0. The van der Waals surface area contributed by atoms with Gasteiger partial charge in [-0.25, -0.2) is 0 Å². The van der Waals surface area contributed by atoms with Crippen LogP contribution >= 0.6 is 0 Å². The average molecular weight is 204 g/mol. The summed E-state index contributed by atoms with van der Waals surface area (Å²) in [4.78, 5) is 15.5. The van der Waals surface area contributed by atoms with Gasteiger partial charge in [-0.2, -0.15) is 0 Å². The Kier molecular flexibility index (Phi) is 4.74. The van der Waals surface area contributed by atoms with Gasteiger partial charge >= 0.3 is 0 Å². The fourth-order valence-electron chi connectivity index (χ4n) is 1.68. The molecule has 0 atom stereocenters. The largest absolute Gasteiger partial charge is 0.319 e. The van der Waals surface area contributed by atoms with Crippen LogP contribution in [0.2, 0.25) is 0 Å². The minimum absolute atomic E-state index is 0.0350. The summed E-state index contributed by atoms with van der Waals surface area (Å²) >= 11 is 0. The number of nitrogens with zero attached hydrogens (tertiary/aromatic N) is 2. The van der Waals surface area contributed by atoms with Crippen LogP contribution in [0.5, 0.6) is 0 Å². The molecule has 0 aromatic rings. The Morgan fingerprint density at radius 2 is 1.73 bits per heavy atom. The number of terminal acetylenes is 2. The van der Waals surface area contributed by atoms with E-state index in [0.717, 1.165) is 13.1 Å². The van der Waals surface area contributed by atoms with Gasteiger partial charge in [-0.1, -0.05) is 11.8 Å². The van der Waals surface area contributed by atoms with E-state index in [9.17, 15) is 4.79 Å². The molecule has 1 heterocycles. The molecule has 1 fully saturated rings. The minimum atomic E-state index is 0.0350. The second-order valence-corrected chi connectivity index (χ2v) is 3.64. The zero-order chi connectivity index (χ0) is 11.1. The number of hydrogen-bond acceptors (Lipinski definition) is 2. The molecule has 0 radical (unpaired) electrons. The van der Waals surface area contributed by atoms with Crippen molar-refractivity contribution in [3.05, 3.63) is 0 Å². The third-order valence-electron chi connectivity index (χ3n) is 2.47. The van der Waals surface area contributed by atoms with Gasteiger partial charge in [0.05, 0.1) is 19.6 Å². The fourth-order valence-corrected chi connectivity index (χ4v) is 1.68. The second kappa shape index (κ2) is 6.11. The van der Waals surface area contributed by atoms with Crippen LogP contribution in [0.15, 0.2) is 0 Å². The van der Waals surface area contributed by atoms with Crippen LogP contribution in [-0.4, -0.2) is 48.4 Å². The molecule has 3 heteroatoms. The fraction of sp³-hybridized carbons (Fsp3) is 0.583. The highest BCUT2D eigenvalue weighted by Crippen LogP contribution is 2.07. The first-order valence-corrected chi connectivity index (χ1v) is 5.15. The SMILES string of the molecule is C#CCN(CC#C)C(=O)CN1CCCC1. The van der Waals surface area contributed by atoms with Crippen molar-refractivity contribution in [2.24, 2.45) is 0 Å². The van der Waals surface area contributed by atoms with Crippen LogP contribution in [0.25, 0.3) is 0 Å². The highest BCUT2D eigenvalue weighted by atomic mass is 16.2. The maximum atomic E-state index is 11.8. The molecular weight excluding hydrogens is 188 g/mol. The number of likely N-dealkylation sites (tertiary alicyclic amines) is 1. The van der Waals surface area contributed by atoms with Crippen molar-refractivity contribution in [3.8, 4) is 24.7 Å². The van der Waals surface area contributed by atoms with Crippen LogP contribution in [0, 0.1) is 24.7 Å². The predicted octanol–water partition coefficient (Wildman–Crippen LogP) is 0.177. The highest BCUT2D eigenvalue weighted by molar-refractivity contribution is 5.78. The standard InChI is InChI=1S/C12H16N2O/c1-3-7-14(8-4-2)12(15)11-13-9-5-6-10-13/h1-2H,5-11H2. The summed E-state index contributed by atoms with van der Waals surface area (Å²) in [7, 11) is 0. The van der Waals surface area contributed by atoms with Gasteiger partial charge in [0.15, 0.2) is 0 Å². The minimum Gasteiger partial charge on any atom is -0.319 e. The number of carbonyl (C=O) groups excluding carboxylic acids is 1. The summed E-state index contributed by atoms with van der Waals surface area (Å²) in [6.45, 7) is 3.06. The lowest BCUT2D eigenvalue weighted by molar-refractivity contribution is -0.130. The monoisotopic (exact) mass is 204 g/mol. The van der Waals surface area contributed by atoms with Crippen molar-refractivity contribution in [3.63, 3.8) is 0 Å². The summed E-state index contributed by atoms with van der Waals surface area (Å²) in [6.07, 6.45) is 12.7. The van der Waals surface area contributed by atoms with Crippen molar-refractivity contribution in [2.45, 2.75) is 12.8 Å². The summed E-state index contributed by atoms with van der Waals surface area (Å²) in [6, 6.07) is 0. The molecule has 80 valence electrons. The molecule has 1 aliphatic heterocycles. The predicted molar refractivity (Wildman–Crippen MR) is 59.9 cm³/mol. The van der Waals surface area contributed by atoms with E-state index in [1.54, 1.807) is 4.90 Å². The van der Waals surface area contributed by atoms with Gasteiger partial charge in [-0.15, -0.1) is 12.8 Å². The van der Waals surface area contributed by atoms with Gasteiger partial charge < -0.3 is 4.90 Å². The van der Waals surface area contributed by atoms with E-state index in [1.807, 2.05) is 0 Å². The van der Waals surface area contributed by atoms with Crippen LogP contribution in [0.4, 0.5) is 0 Å². The first-order chi connectivity index (χ1) is 7.27. The molecule has 0 bridgehead atoms. The maximum Gasteiger partial charge on any atom is 0.238 e. The second-order valence-electron chi connectivity index (χ2n) is 3.64. The van der Waals surface area contributed by atoms with E-state index in [2.05, 4.69) is 16.7 Å². The highest BCUT2D eigenvalue weighted by Gasteiger charge is 2.18. The molecule has 0 aliphatic carbocycles. The molecule has 1 aliphatic rings. The van der Waals surface area contributed by atoms with Gasteiger partial charge in [-0.3, -0.25) is 9.69 Å². The van der Waals surface area contributed by atoms with Gasteiger partial charge in [0.1, 0.15) is 0 Å². The van der Waals surface area contributed by atoms with Crippen LogP contribution in [-0.2, 0) is 4.79 Å². The third kappa shape index (κ3) is 3.65. The average Bonchev–Trinajstić information content (AvgIpc) is 2.70. The molecular formula is C12H16N2O. The van der Waals surface area contributed by atoms with Crippen molar-refractivity contribution < 1.29 is 4.79 Å². The number of rotatable bonds is 4. The van der Waals surface area contributed by atoms with E-state index in [-0.39, 0.29) is 5.91 Å². The van der Waals surface area contributed by atoms with E-state index >= 15 is 0 Å². The molecule has 15 heavy (non-hydrogen) atoms. The first-order valence-electron chi connectivity index (χ1n) is 5.15. The smallest absolute Gasteiger partial charge is 0.238 e. The molecule has 0 aromatic carbocycles. The Bertz CT molecular complexity index is 276. The maximum absolute atomic E-state index is 11.8. The Hall–Kier alpha value is -1.45. The quantitative estimate of drug-likeness (QED) is 0.610. The first kappa shape index (κ1) is 11.6. The van der Waals surface area contributed by atoms with Crippen molar-refractivity contribution >= 4 is 5.91 Å². The van der Waals surface area contributed by atoms with E-state index in [1.165, 1.54) is 12.8 Å². The topological polar surface area (TPSA) is 23.6 Å². The van der Waals surface area contributed by atoms with Gasteiger partial charge in [0.2, 0.25) is 5.91 Å².